The SMILES string of the molecule is COC(=O)CC1CNCCN1c1ccc(Cc2nccc(Nc3ccnc(-c4cccc(C)n4)n3)n2)cc1. The number of hydrogen-bond donors (Lipinski definition) is 2. The minimum absolute atomic E-state index is 0.0668. The smallest absolute Gasteiger partial charge is 0.307 e. The standard InChI is InChI=1S/C28H30N8O2/c1-19-4-3-5-23(32-19)28-31-13-11-25(35-28)33-24-10-12-30-26(34-24)16-20-6-8-21(9-7-20)36-15-14-29-18-22(36)17-27(37)38-2/h3-13,22,29H,14-18H2,1-2H3,(H,30,31,33,34,35). The lowest BCUT2D eigenvalue weighted by Crippen LogP contribution is -2.52. The van der Waals surface area contributed by atoms with Gasteiger partial charge in [-0.1, -0.05) is 18.2 Å². The van der Waals surface area contributed by atoms with E-state index < -0.39 is 0 Å². The van der Waals surface area contributed by atoms with E-state index in [-0.39, 0.29) is 12.0 Å². The van der Waals surface area contributed by atoms with Crippen LogP contribution in [-0.4, -0.2) is 63.7 Å². The molecule has 1 fully saturated rings. The first kappa shape index (κ1) is 25.2. The summed E-state index contributed by atoms with van der Waals surface area (Å²) in [4.78, 5) is 36.7. The third kappa shape index (κ3) is 6.27. The Kier molecular flexibility index (Phi) is 7.79. The number of ether oxygens (including phenoxy) is 1. The lowest BCUT2D eigenvalue weighted by Gasteiger charge is -2.37. The van der Waals surface area contributed by atoms with Crippen LogP contribution >= 0.6 is 0 Å². The quantitative estimate of drug-likeness (QED) is 0.342. The second-order valence-corrected chi connectivity index (χ2v) is 9.09. The van der Waals surface area contributed by atoms with Crippen molar-refractivity contribution < 1.29 is 9.53 Å². The van der Waals surface area contributed by atoms with Crippen molar-refractivity contribution in [1.82, 2.24) is 30.2 Å². The molecular weight excluding hydrogens is 480 g/mol. The van der Waals surface area contributed by atoms with Gasteiger partial charge >= 0.3 is 5.97 Å². The van der Waals surface area contributed by atoms with Crippen LogP contribution in [-0.2, 0) is 16.0 Å². The van der Waals surface area contributed by atoms with Crippen LogP contribution in [0.25, 0.3) is 11.5 Å². The van der Waals surface area contributed by atoms with Crippen molar-refractivity contribution in [2.75, 3.05) is 37.0 Å². The molecule has 0 amide bonds. The summed E-state index contributed by atoms with van der Waals surface area (Å²) in [7, 11) is 1.43. The number of piperazine rings is 1. The molecule has 1 unspecified atom stereocenters. The summed E-state index contributed by atoms with van der Waals surface area (Å²) < 4.78 is 4.88. The minimum Gasteiger partial charge on any atom is -0.469 e. The third-order valence-corrected chi connectivity index (χ3v) is 6.35. The maximum atomic E-state index is 11.8. The van der Waals surface area contributed by atoms with E-state index in [1.54, 1.807) is 18.5 Å². The van der Waals surface area contributed by atoms with E-state index in [1.165, 1.54) is 7.11 Å². The molecule has 10 heteroatoms. The second kappa shape index (κ2) is 11.7. The summed E-state index contributed by atoms with van der Waals surface area (Å²) in [6.07, 6.45) is 4.38. The topological polar surface area (TPSA) is 118 Å². The number of aryl methyl sites for hydroxylation is 1. The van der Waals surface area contributed by atoms with Crippen LogP contribution in [0.1, 0.15) is 23.5 Å². The molecule has 0 spiro atoms. The van der Waals surface area contributed by atoms with E-state index in [0.29, 0.717) is 36.1 Å². The normalized spacial score (nSPS) is 15.2. The molecular formula is C28H30N8O2. The predicted octanol–water partition coefficient (Wildman–Crippen LogP) is 3.31. The third-order valence-electron chi connectivity index (χ3n) is 6.35. The first-order chi connectivity index (χ1) is 18.6. The number of rotatable bonds is 8. The van der Waals surface area contributed by atoms with Gasteiger partial charge in [-0.3, -0.25) is 4.79 Å². The molecule has 4 heterocycles. The van der Waals surface area contributed by atoms with E-state index in [2.05, 4.69) is 64.7 Å². The van der Waals surface area contributed by atoms with Gasteiger partial charge in [0.05, 0.1) is 19.6 Å². The number of esters is 1. The summed E-state index contributed by atoms with van der Waals surface area (Å²) in [6, 6.07) is 17.8. The average Bonchev–Trinajstić information content (AvgIpc) is 2.94. The number of methoxy groups -OCH3 is 1. The highest BCUT2D eigenvalue weighted by molar-refractivity contribution is 5.71. The first-order valence-electron chi connectivity index (χ1n) is 12.6. The number of aromatic nitrogens is 5. The molecule has 2 N–H and O–H groups in total. The fourth-order valence-corrected chi connectivity index (χ4v) is 4.45. The lowest BCUT2D eigenvalue weighted by molar-refractivity contribution is -0.141. The monoisotopic (exact) mass is 510 g/mol. The van der Waals surface area contributed by atoms with Crippen LogP contribution in [0.2, 0.25) is 0 Å². The molecule has 0 saturated carbocycles. The molecule has 1 atom stereocenters. The Bertz CT molecular complexity index is 1400. The van der Waals surface area contributed by atoms with Gasteiger partial charge in [-0.2, -0.15) is 0 Å². The number of benzene rings is 1. The fraction of sp³-hybridized carbons (Fsp3) is 0.286. The van der Waals surface area contributed by atoms with Crippen molar-refractivity contribution >= 4 is 23.3 Å². The fourth-order valence-electron chi connectivity index (χ4n) is 4.45. The molecule has 0 radical (unpaired) electrons. The summed E-state index contributed by atoms with van der Waals surface area (Å²) in [6.45, 7) is 4.40. The number of nitrogens with one attached hydrogen (secondary N) is 2. The predicted molar refractivity (Wildman–Crippen MR) is 145 cm³/mol. The number of carbonyl (C=O) groups excluding carboxylic acids is 1. The zero-order chi connectivity index (χ0) is 26.3. The summed E-state index contributed by atoms with van der Waals surface area (Å²) in [5.74, 6) is 2.33. The van der Waals surface area contributed by atoms with Crippen LogP contribution in [0.15, 0.2) is 67.0 Å². The molecule has 4 aromatic rings. The Balaban J connectivity index is 1.26. The molecule has 0 aliphatic carbocycles. The molecule has 5 rings (SSSR count). The number of nitrogens with zero attached hydrogens (tertiary/aromatic N) is 6. The summed E-state index contributed by atoms with van der Waals surface area (Å²) in [5, 5.41) is 6.61. The molecule has 1 aromatic carbocycles. The molecule has 1 aliphatic heterocycles. The summed E-state index contributed by atoms with van der Waals surface area (Å²) >= 11 is 0. The van der Waals surface area contributed by atoms with Crippen LogP contribution in [0, 0.1) is 6.92 Å². The maximum Gasteiger partial charge on any atom is 0.307 e. The van der Waals surface area contributed by atoms with Gasteiger partial charge in [0.1, 0.15) is 23.2 Å². The molecule has 194 valence electrons. The second-order valence-electron chi connectivity index (χ2n) is 9.09. The van der Waals surface area contributed by atoms with Gasteiger partial charge in [0.2, 0.25) is 0 Å². The van der Waals surface area contributed by atoms with Crippen LogP contribution in [0.5, 0.6) is 0 Å². The van der Waals surface area contributed by atoms with Crippen molar-refractivity contribution in [3.8, 4) is 11.5 Å². The van der Waals surface area contributed by atoms with Gasteiger partial charge in [0.15, 0.2) is 5.82 Å². The maximum absolute atomic E-state index is 11.8. The molecule has 38 heavy (non-hydrogen) atoms. The van der Waals surface area contributed by atoms with E-state index in [0.717, 1.165) is 42.3 Å². The van der Waals surface area contributed by atoms with Crippen LogP contribution < -0.4 is 15.5 Å². The van der Waals surface area contributed by atoms with Gasteiger partial charge in [-0.25, -0.2) is 24.9 Å². The number of hydrogen-bond acceptors (Lipinski definition) is 10. The van der Waals surface area contributed by atoms with Crippen LogP contribution in [0.4, 0.5) is 17.3 Å². The van der Waals surface area contributed by atoms with Gasteiger partial charge in [0, 0.05) is 49.8 Å². The minimum atomic E-state index is -0.198. The molecule has 10 nitrogen and oxygen atoms in total. The van der Waals surface area contributed by atoms with E-state index >= 15 is 0 Å². The molecule has 1 aliphatic rings. The van der Waals surface area contributed by atoms with Crippen molar-refractivity contribution in [2.45, 2.75) is 25.8 Å². The van der Waals surface area contributed by atoms with Crippen molar-refractivity contribution in [2.24, 2.45) is 0 Å². The Morgan fingerprint density at radius 1 is 1.03 bits per heavy atom. The van der Waals surface area contributed by atoms with Crippen LogP contribution in [0.3, 0.4) is 0 Å². The van der Waals surface area contributed by atoms with Crippen molar-refractivity contribution in [1.29, 1.82) is 0 Å². The number of pyridine rings is 1. The Labute approximate surface area is 221 Å². The molecule has 3 aromatic heterocycles. The molecule has 0 bridgehead atoms. The van der Waals surface area contributed by atoms with E-state index in [1.807, 2.05) is 31.2 Å². The highest BCUT2D eigenvalue weighted by Gasteiger charge is 2.25. The van der Waals surface area contributed by atoms with Gasteiger partial charge in [-0.05, 0) is 48.9 Å². The number of carbonyl (C=O) groups is 1. The van der Waals surface area contributed by atoms with E-state index in [4.69, 9.17) is 4.74 Å². The zero-order valence-electron chi connectivity index (χ0n) is 21.5. The Morgan fingerprint density at radius 2 is 1.82 bits per heavy atom. The Morgan fingerprint density at radius 3 is 2.61 bits per heavy atom. The zero-order valence-corrected chi connectivity index (χ0v) is 21.5. The average molecular weight is 511 g/mol. The first-order valence-corrected chi connectivity index (χ1v) is 12.6. The summed E-state index contributed by atoms with van der Waals surface area (Å²) in [5.41, 5.74) is 3.81. The lowest BCUT2D eigenvalue weighted by atomic mass is 10.1. The van der Waals surface area contributed by atoms with Crippen molar-refractivity contribution in [3.05, 3.63) is 84.1 Å². The number of anilines is 3. The molecule has 1 saturated heterocycles. The van der Waals surface area contributed by atoms with Gasteiger partial charge in [0.25, 0.3) is 0 Å². The largest absolute Gasteiger partial charge is 0.469 e. The van der Waals surface area contributed by atoms with Crippen molar-refractivity contribution in [3.63, 3.8) is 0 Å². The highest BCUT2D eigenvalue weighted by Crippen LogP contribution is 2.22. The van der Waals surface area contributed by atoms with E-state index in [9.17, 15) is 4.79 Å². The Hall–Kier alpha value is -4.44. The van der Waals surface area contributed by atoms with Gasteiger partial charge in [-0.15, -0.1) is 0 Å². The van der Waals surface area contributed by atoms with Gasteiger partial charge < -0.3 is 20.3 Å². The highest BCUT2D eigenvalue weighted by atomic mass is 16.5.